The fraction of sp³-hybridized carbons (Fsp3) is 0.750. The fourth-order valence-electron chi connectivity index (χ4n) is 4.11. The molecule has 0 aromatic heterocycles. The summed E-state index contributed by atoms with van der Waals surface area (Å²) < 4.78 is 5.36. The van der Waals surface area contributed by atoms with Crippen LogP contribution < -0.4 is 5.32 Å². The molecule has 2 fully saturated rings. The minimum atomic E-state index is -1.40. The van der Waals surface area contributed by atoms with Crippen molar-refractivity contribution in [2.75, 3.05) is 0 Å². The van der Waals surface area contributed by atoms with E-state index < -0.39 is 29.1 Å². The van der Waals surface area contributed by atoms with Crippen molar-refractivity contribution in [3.8, 4) is 0 Å². The molecule has 0 aromatic rings. The SMILES string of the molecule is CCC[C@H]1C(=O)N[C@]2(C(=O)O[C@@H]2[C@H]2C=CCCC2)[C@@]1(C)O. The van der Waals surface area contributed by atoms with Crippen LogP contribution in [0, 0.1) is 11.8 Å². The van der Waals surface area contributed by atoms with Gasteiger partial charge in [-0.05, 0) is 32.6 Å². The van der Waals surface area contributed by atoms with Crippen molar-refractivity contribution in [3.63, 3.8) is 0 Å². The molecule has 0 unspecified atom stereocenters. The molecule has 2 N–H and O–H groups in total. The third kappa shape index (κ3) is 1.79. The average molecular weight is 293 g/mol. The van der Waals surface area contributed by atoms with E-state index in [4.69, 9.17) is 4.74 Å². The largest absolute Gasteiger partial charge is 0.457 e. The number of cyclic esters (lactones) is 1. The number of esters is 1. The molecule has 2 saturated heterocycles. The highest BCUT2D eigenvalue weighted by molar-refractivity contribution is 6.00. The van der Waals surface area contributed by atoms with Crippen molar-refractivity contribution >= 4 is 11.9 Å². The number of carbonyl (C=O) groups excluding carboxylic acids is 2. The molecule has 3 aliphatic rings. The Labute approximate surface area is 124 Å². The van der Waals surface area contributed by atoms with Crippen molar-refractivity contribution in [1.29, 1.82) is 0 Å². The molecule has 2 heterocycles. The van der Waals surface area contributed by atoms with E-state index >= 15 is 0 Å². The number of hydrogen-bond acceptors (Lipinski definition) is 4. The van der Waals surface area contributed by atoms with Gasteiger partial charge in [-0.2, -0.15) is 0 Å². The van der Waals surface area contributed by atoms with E-state index in [1.54, 1.807) is 6.92 Å². The van der Waals surface area contributed by atoms with E-state index in [9.17, 15) is 14.7 Å². The Balaban J connectivity index is 1.94. The van der Waals surface area contributed by atoms with Gasteiger partial charge in [0, 0.05) is 5.92 Å². The maximum Gasteiger partial charge on any atom is 0.339 e. The quantitative estimate of drug-likeness (QED) is 0.607. The number of aliphatic hydroxyl groups is 1. The van der Waals surface area contributed by atoms with Gasteiger partial charge in [0.05, 0.1) is 5.92 Å². The second kappa shape index (κ2) is 4.83. The fourth-order valence-corrected chi connectivity index (χ4v) is 4.11. The second-order valence-electron chi connectivity index (χ2n) is 6.63. The first-order valence-electron chi connectivity index (χ1n) is 7.87. The van der Waals surface area contributed by atoms with Crippen LogP contribution in [0.2, 0.25) is 0 Å². The number of carbonyl (C=O) groups is 2. The maximum absolute atomic E-state index is 12.3. The topological polar surface area (TPSA) is 75.6 Å². The van der Waals surface area contributed by atoms with E-state index in [1.807, 2.05) is 6.92 Å². The van der Waals surface area contributed by atoms with Gasteiger partial charge in [0.25, 0.3) is 0 Å². The third-order valence-electron chi connectivity index (χ3n) is 5.35. The van der Waals surface area contributed by atoms with Gasteiger partial charge in [-0.25, -0.2) is 4.79 Å². The Kier molecular flexibility index (Phi) is 3.35. The lowest BCUT2D eigenvalue weighted by molar-refractivity contribution is -0.225. The zero-order valence-electron chi connectivity index (χ0n) is 12.6. The number of amides is 1. The molecule has 116 valence electrons. The Morgan fingerprint density at radius 2 is 2.24 bits per heavy atom. The van der Waals surface area contributed by atoms with Gasteiger partial charge in [-0.15, -0.1) is 0 Å². The van der Waals surface area contributed by atoms with Crippen LogP contribution >= 0.6 is 0 Å². The number of nitrogens with one attached hydrogen (secondary N) is 1. The van der Waals surface area contributed by atoms with Gasteiger partial charge in [-0.1, -0.05) is 25.5 Å². The lowest BCUT2D eigenvalue weighted by Gasteiger charge is -2.53. The summed E-state index contributed by atoms with van der Waals surface area (Å²) in [5, 5.41) is 13.8. The Morgan fingerprint density at radius 3 is 2.81 bits per heavy atom. The highest BCUT2D eigenvalue weighted by Gasteiger charge is 2.76. The van der Waals surface area contributed by atoms with Crippen molar-refractivity contribution in [1.82, 2.24) is 5.32 Å². The first-order valence-corrected chi connectivity index (χ1v) is 7.87. The summed E-state index contributed by atoms with van der Waals surface area (Å²) in [6.07, 6.45) is 8.03. The zero-order valence-corrected chi connectivity index (χ0v) is 12.6. The summed E-state index contributed by atoms with van der Waals surface area (Å²) in [4.78, 5) is 24.5. The van der Waals surface area contributed by atoms with Crippen LogP contribution in [0.5, 0.6) is 0 Å². The second-order valence-corrected chi connectivity index (χ2v) is 6.63. The van der Waals surface area contributed by atoms with Crippen LogP contribution in [0.15, 0.2) is 12.2 Å². The lowest BCUT2D eigenvalue weighted by Crippen LogP contribution is -2.79. The number of allylic oxidation sites excluding steroid dienone is 1. The minimum absolute atomic E-state index is 0.0728. The van der Waals surface area contributed by atoms with E-state index in [0.29, 0.717) is 6.42 Å². The van der Waals surface area contributed by atoms with Crippen molar-refractivity contribution in [3.05, 3.63) is 12.2 Å². The summed E-state index contributed by atoms with van der Waals surface area (Å²) in [6, 6.07) is 0. The predicted molar refractivity (Wildman–Crippen MR) is 76.3 cm³/mol. The van der Waals surface area contributed by atoms with E-state index in [2.05, 4.69) is 17.5 Å². The van der Waals surface area contributed by atoms with Crippen LogP contribution in [0.3, 0.4) is 0 Å². The summed E-state index contributed by atoms with van der Waals surface area (Å²) in [7, 11) is 0. The molecule has 1 amide bonds. The number of hydrogen-bond donors (Lipinski definition) is 2. The van der Waals surface area contributed by atoms with E-state index in [0.717, 1.165) is 25.7 Å². The van der Waals surface area contributed by atoms with Crippen molar-refractivity contribution in [2.45, 2.75) is 63.2 Å². The average Bonchev–Trinajstić information content (AvgIpc) is 2.68. The van der Waals surface area contributed by atoms with Gasteiger partial charge >= 0.3 is 5.97 Å². The molecule has 2 aliphatic heterocycles. The first kappa shape index (κ1) is 14.6. The molecule has 0 radical (unpaired) electrons. The van der Waals surface area contributed by atoms with Crippen LogP contribution in [0.4, 0.5) is 0 Å². The number of ether oxygens (including phenoxy) is 1. The summed E-state index contributed by atoms with van der Waals surface area (Å²) in [6.45, 7) is 3.57. The molecular weight excluding hydrogens is 270 g/mol. The molecule has 5 heteroatoms. The molecule has 1 aliphatic carbocycles. The molecule has 5 atom stereocenters. The van der Waals surface area contributed by atoms with Crippen molar-refractivity contribution < 1.29 is 19.4 Å². The van der Waals surface area contributed by atoms with Gasteiger partial charge in [0.15, 0.2) is 0 Å². The van der Waals surface area contributed by atoms with Gasteiger partial charge < -0.3 is 15.2 Å². The molecule has 1 spiro atoms. The molecule has 5 nitrogen and oxygen atoms in total. The van der Waals surface area contributed by atoms with Crippen molar-refractivity contribution in [2.24, 2.45) is 11.8 Å². The van der Waals surface area contributed by atoms with Gasteiger partial charge in [0.2, 0.25) is 11.4 Å². The highest BCUT2D eigenvalue weighted by Crippen LogP contribution is 2.50. The monoisotopic (exact) mass is 293 g/mol. The number of rotatable bonds is 3. The van der Waals surface area contributed by atoms with Crippen LogP contribution in [0.1, 0.15) is 46.0 Å². The molecule has 3 rings (SSSR count). The smallest absolute Gasteiger partial charge is 0.339 e. The Hall–Kier alpha value is -1.36. The minimum Gasteiger partial charge on any atom is -0.457 e. The highest BCUT2D eigenvalue weighted by atomic mass is 16.6. The summed E-state index contributed by atoms with van der Waals surface area (Å²) in [5.41, 5.74) is -2.67. The Morgan fingerprint density at radius 1 is 1.48 bits per heavy atom. The first-order chi connectivity index (χ1) is 9.95. The van der Waals surface area contributed by atoms with Crippen LogP contribution in [0.25, 0.3) is 0 Å². The normalized spacial score (nSPS) is 45.4. The van der Waals surface area contributed by atoms with Gasteiger partial charge in [-0.3, -0.25) is 4.79 Å². The maximum atomic E-state index is 12.3. The molecule has 21 heavy (non-hydrogen) atoms. The van der Waals surface area contributed by atoms with E-state index in [-0.39, 0.29) is 11.8 Å². The van der Waals surface area contributed by atoms with Crippen LogP contribution in [-0.2, 0) is 14.3 Å². The molecular formula is C16H23NO4. The third-order valence-corrected chi connectivity index (χ3v) is 5.35. The predicted octanol–water partition coefficient (Wildman–Crippen LogP) is 1.30. The molecule has 0 aromatic carbocycles. The molecule has 0 saturated carbocycles. The standard InChI is InChI=1S/C16H23NO4/c1-3-7-11-13(18)17-16(15(11,2)20)12(21-14(16)19)10-8-5-4-6-9-10/h5,8,10-12,20H,3-4,6-7,9H2,1-2H3,(H,17,18)/t10-,11-,12+,15-,16+/m0/s1. The van der Waals surface area contributed by atoms with Crippen LogP contribution in [-0.4, -0.2) is 34.2 Å². The van der Waals surface area contributed by atoms with E-state index in [1.165, 1.54) is 0 Å². The van der Waals surface area contributed by atoms with Gasteiger partial charge in [0.1, 0.15) is 11.7 Å². The summed E-state index contributed by atoms with van der Waals surface area (Å²) in [5.74, 6) is -1.21. The summed E-state index contributed by atoms with van der Waals surface area (Å²) >= 11 is 0. The zero-order chi connectivity index (χ0) is 15.3. The molecule has 0 bridgehead atoms. The lowest BCUT2D eigenvalue weighted by atomic mass is 9.65. The Bertz CT molecular complexity index is 499.